The van der Waals surface area contributed by atoms with Crippen LogP contribution in [0.1, 0.15) is 31.2 Å². The highest BCUT2D eigenvalue weighted by atomic mass is 16.5. The third kappa shape index (κ3) is 5.49. The SMILES string of the molecule is O=C(NCC1CCN(Cc2ccccc2)CC1)NCC1CCCO1. The molecule has 2 aliphatic heterocycles. The number of piperidine rings is 1. The van der Waals surface area contributed by atoms with Gasteiger partial charge in [0.15, 0.2) is 0 Å². The predicted octanol–water partition coefficient (Wildman–Crippen LogP) is 2.38. The van der Waals surface area contributed by atoms with Crippen LogP contribution in [0.4, 0.5) is 4.79 Å². The van der Waals surface area contributed by atoms with Gasteiger partial charge in [0.25, 0.3) is 0 Å². The average Bonchev–Trinajstić information content (AvgIpc) is 3.14. The predicted molar refractivity (Wildman–Crippen MR) is 94.8 cm³/mol. The van der Waals surface area contributed by atoms with Crippen molar-refractivity contribution < 1.29 is 9.53 Å². The minimum atomic E-state index is -0.0581. The topological polar surface area (TPSA) is 53.6 Å². The van der Waals surface area contributed by atoms with Gasteiger partial charge in [-0.1, -0.05) is 30.3 Å². The van der Waals surface area contributed by atoms with Crippen molar-refractivity contribution >= 4 is 6.03 Å². The quantitative estimate of drug-likeness (QED) is 0.841. The molecule has 0 spiro atoms. The van der Waals surface area contributed by atoms with Crippen LogP contribution < -0.4 is 10.6 Å². The Kier molecular flexibility index (Phi) is 6.49. The fourth-order valence-corrected chi connectivity index (χ4v) is 3.50. The van der Waals surface area contributed by atoms with Crippen LogP contribution in [0.5, 0.6) is 0 Å². The van der Waals surface area contributed by atoms with Crippen molar-refractivity contribution in [2.75, 3.05) is 32.8 Å². The van der Waals surface area contributed by atoms with Crippen LogP contribution in [-0.4, -0.2) is 49.8 Å². The van der Waals surface area contributed by atoms with Crippen molar-refractivity contribution in [3.05, 3.63) is 35.9 Å². The van der Waals surface area contributed by atoms with Gasteiger partial charge < -0.3 is 15.4 Å². The summed E-state index contributed by atoms with van der Waals surface area (Å²) in [4.78, 5) is 14.4. The summed E-state index contributed by atoms with van der Waals surface area (Å²) in [5.41, 5.74) is 1.38. The molecule has 0 aliphatic carbocycles. The molecule has 1 atom stereocenters. The molecule has 0 aromatic heterocycles. The number of likely N-dealkylation sites (tertiary alicyclic amines) is 1. The van der Waals surface area contributed by atoms with Crippen LogP contribution in [0.2, 0.25) is 0 Å². The van der Waals surface area contributed by atoms with Crippen molar-refractivity contribution in [3.63, 3.8) is 0 Å². The first-order valence-electron chi connectivity index (χ1n) is 9.19. The van der Waals surface area contributed by atoms with Gasteiger partial charge in [0.2, 0.25) is 0 Å². The lowest BCUT2D eigenvalue weighted by Crippen LogP contribution is -2.43. The first-order valence-corrected chi connectivity index (χ1v) is 9.19. The third-order valence-electron chi connectivity index (χ3n) is 5.02. The molecular formula is C19H29N3O2. The van der Waals surface area contributed by atoms with Gasteiger partial charge >= 0.3 is 6.03 Å². The van der Waals surface area contributed by atoms with Gasteiger partial charge in [-0.3, -0.25) is 4.90 Å². The van der Waals surface area contributed by atoms with Gasteiger partial charge in [0, 0.05) is 26.2 Å². The maximum absolute atomic E-state index is 11.9. The number of nitrogens with one attached hydrogen (secondary N) is 2. The summed E-state index contributed by atoms with van der Waals surface area (Å²) in [6.07, 6.45) is 4.67. The number of carbonyl (C=O) groups excluding carboxylic acids is 1. The molecule has 3 rings (SSSR count). The molecular weight excluding hydrogens is 302 g/mol. The number of hydrogen-bond acceptors (Lipinski definition) is 3. The first-order chi connectivity index (χ1) is 11.8. The molecule has 1 unspecified atom stereocenters. The number of ether oxygens (including phenoxy) is 1. The lowest BCUT2D eigenvalue weighted by Gasteiger charge is -2.32. The highest BCUT2D eigenvalue weighted by Crippen LogP contribution is 2.18. The minimum absolute atomic E-state index is 0.0581. The van der Waals surface area contributed by atoms with Crippen molar-refractivity contribution in [2.45, 2.75) is 38.3 Å². The van der Waals surface area contributed by atoms with Crippen LogP contribution in [0, 0.1) is 5.92 Å². The number of benzene rings is 1. The molecule has 2 aliphatic rings. The van der Waals surface area contributed by atoms with E-state index in [9.17, 15) is 4.79 Å². The largest absolute Gasteiger partial charge is 0.376 e. The molecule has 5 heteroatoms. The van der Waals surface area contributed by atoms with Gasteiger partial charge in [-0.05, 0) is 50.3 Å². The summed E-state index contributed by atoms with van der Waals surface area (Å²) in [7, 11) is 0. The minimum Gasteiger partial charge on any atom is -0.376 e. The Bertz CT molecular complexity index is 495. The van der Waals surface area contributed by atoms with Crippen molar-refractivity contribution in [1.29, 1.82) is 0 Å². The average molecular weight is 331 g/mol. The molecule has 2 amide bonds. The van der Waals surface area contributed by atoms with E-state index < -0.39 is 0 Å². The molecule has 2 saturated heterocycles. The Labute approximate surface area is 144 Å². The molecule has 0 bridgehead atoms. The van der Waals surface area contributed by atoms with Crippen LogP contribution in [0.15, 0.2) is 30.3 Å². The van der Waals surface area contributed by atoms with E-state index >= 15 is 0 Å². The molecule has 0 radical (unpaired) electrons. The molecule has 132 valence electrons. The van der Waals surface area contributed by atoms with Crippen LogP contribution in [-0.2, 0) is 11.3 Å². The van der Waals surface area contributed by atoms with Crippen molar-refractivity contribution in [3.8, 4) is 0 Å². The molecule has 2 heterocycles. The van der Waals surface area contributed by atoms with E-state index in [0.717, 1.165) is 58.5 Å². The van der Waals surface area contributed by atoms with Gasteiger partial charge in [-0.15, -0.1) is 0 Å². The zero-order valence-corrected chi connectivity index (χ0v) is 14.4. The molecule has 2 fully saturated rings. The van der Waals surface area contributed by atoms with Gasteiger partial charge in [0.1, 0.15) is 0 Å². The Hall–Kier alpha value is -1.59. The maximum atomic E-state index is 11.9. The van der Waals surface area contributed by atoms with Crippen LogP contribution >= 0.6 is 0 Å². The summed E-state index contributed by atoms with van der Waals surface area (Å²) in [5.74, 6) is 0.588. The van der Waals surface area contributed by atoms with E-state index in [1.807, 2.05) is 0 Å². The molecule has 2 N–H and O–H groups in total. The standard InChI is InChI=1S/C19H29N3O2/c23-19(21-14-18-7-4-12-24-18)20-13-16-8-10-22(11-9-16)15-17-5-2-1-3-6-17/h1-3,5-6,16,18H,4,7-15H2,(H2,20,21,23). The normalized spacial score (nSPS) is 22.4. The van der Waals surface area contributed by atoms with Crippen LogP contribution in [0.3, 0.4) is 0 Å². The highest BCUT2D eigenvalue weighted by molar-refractivity contribution is 5.73. The third-order valence-corrected chi connectivity index (χ3v) is 5.02. The Morgan fingerprint density at radius 3 is 2.54 bits per heavy atom. The van der Waals surface area contributed by atoms with E-state index in [1.165, 1.54) is 5.56 Å². The zero-order valence-electron chi connectivity index (χ0n) is 14.4. The number of amides is 2. The number of rotatable bonds is 6. The summed E-state index contributed by atoms with van der Waals surface area (Å²) >= 11 is 0. The number of nitrogens with zero attached hydrogens (tertiary/aromatic N) is 1. The molecule has 1 aromatic carbocycles. The Balaban J connectivity index is 1.28. The molecule has 24 heavy (non-hydrogen) atoms. The fraction of sp³-hybridized carbons (Fsp3) is 0.632. The number of carbonyl (C=O) groups is 1. The Morgan fingerprint density at radius 1 is 1.08 bits per heavy atom. The molecule has 1 aromatic rings. The second kappa shape index (κ2) is 9.04. The summed E-state index contributed by atoms with van der Waals surface area (Å²) in [5, 5.41) is 5.94. The lowest BCUT2D eigenvalue weighted by molar-refractivity contribution is 0.111. The second-order valence-corrected chi connectivity index (χ2v) is 6.93. The monoisotopic (exact) mass is 331 g/mol. The first kappa shape index (κ1) is 17.2. The second-order valence-electron chi connectivity index (χ2n) is 6.93. The highest BCUT2D eigenvalue weighted by Gasteiger charge is 2.20. The van der Waals surface area contributed by atoms with E-state index in [4.69, 9.17) is 4.74 Å². The summed E-state index contributed by atoms with van der Waals surface area (Å²) in [6, 6.07) is 10.6. The zero-order chi connectivity index (χ0) is 16.6. The smallest absolute Gasteiger partial charge is 0.314 e. The molecule has 5 nitrogen and oxygen atoms in total. The molecule has 0 saturated carbocycles. The van der Waals surface area contributed by atoms with Crippen molar-refractivity contribution in [2.24, 2.45) is 5.92 Å². The van der Waals surface area contributed by atoms with E-state index in [-0.39, 0.29) is 12.1 Å². The van der Waals surface area contributed by atoms with E-state index in [1.54, 1.807) is 0 Å². The van der Waals surface area contributed by atoms with Gasteiger partial charge in [-0.25, -0.2) is 4.79 Å². The fourth-order valence-electron chi connectivity index (χ4n) is 3.50. The summed E-state index contributed by atoms with van der Waals surface area (Å²) in [6.45, 7) is 5.48. The van der Waals surface area contributed by atoms with Crippen molar-refractivity contribution in [1.82, 2.24) is 15.5 Å². The van der Waals surface area contributed by atoms with E-state index in [0.29, 0.717) is 12.5 Å². The Morgan fingerprint density at radius 2 is 1.83 bits per heavy atom. The van der Waals surface area contributed by atoms with E-state index in [2.05, 4.69) is 45.9 Å². The van der Waals surface area contributed by atoms with Gasteiger partial charge in [-0.2, -0.15) is 0 Å². The summed E-state index contributed by atoms with van der Waals surface area (Å²) < 4.78 is 5.51. The number of urea groups is 1. The lowest BCUT2D eigenvalue weighted by atomic mass is 9.96. The maximum Gasteiger partial charge on any atom is 0.314 e. The number of hydrogen-bond donors (Lipinski definition) is 2. The van der Waals surface area contributed by atoms with Crippen LogP contribution in [0.25, 0.3) is 0 Å². The van der Waals surface area contributed by atoms with Gasteiger partial charge in [0.05, 0.1) is 6.10 Å².